The van der Waals surface area contributed by atoms with Crippen molar-refractivity contribution in [1.82, 2.24) is 4.98 Å². The van der Waals surface area contributed by atoms with Crippen LogP contribution in [-0.2, 0) is 0 Å². The summed E-state index contributed by atoms with van der Waals surface area (Å²) in [6.45, 7) is 0. The van der Waals surface area contributed by atoms with Gasteiger partial charge in [-0.3, -0.25) is 10.2 Å². The van der Waals surface area contributed by atoms with Crippen LogP contribution in [0.3, 0.4) is 0 Å². The first-order valence-corrected chi connectivity index (χ1v) is 11.0. The van der Waals surface area contributed by atoms with Gasteiger partial charge in [-0.25, -0.2) is 9.37 Å². The zero-order valence-electron chi connectivity index (χ0n) is 18.4. The maximum atomic E-state index is 13.4. The number of hydrogen-bond acceptors (Lipinski definition) is 7. The summed E-state index contributed by atoms with van der Waals surface area (Å²) >= 11 is 1.22. The zero-order valence-corrected chi connectivity index (χ0v) is 19.2. The van der Waals surface area contributed by atoms with Gasteiger partial charge >= 0.3 is 0 Å². The minimum atomic E-state index is -0.357. The molecule has 1 aromatic heterocycles. The van der Waals surface area contributed by atoms with E-state index < -0.39 is 0 Å². The highest BCUT2D eigenvalue weighted by atomic mass is 32.1. The molecule has 0 aliphatic heterocycles. The van der Waals surface area contributed by atoms with Crippen LogP contribution in [0.5, 0.6) is 11.5 Å². The van der Waals surface area contributed by atoms with E-state index >= 15 is 0 Å². The fraction of sp³-hybridized carbons (Fsp3) is 0.0800. The molecule has 34 heavy (non-hydrogen) atoms. The fourth-order valence-corrected chi connectivity index (χ4v) is 4.02. The van der Waals surface area contributed by atoms with Crippen molar-refractivity contribution in [3.8, 4) is 22.8 Å². The average Bonchev–Trinajstić information content (AvgIpc) is 3.27. The van der Waals surface area contributed by atoms with Crippen LogP contribution in [0.25, 0.3) is 11.3 Å². The number of anilines is 2. The average molecular weight is 477 g/mol. The first kappa shape index (κ1) is 22.9. The molecule has 0 radical (unpaired) electrons. The van der Waals surface area contributed by atoms with E-state index in [9.17, 15) is 9.18 Å². The molecule has 0 saturated heterocycles. The Balaban J connectivity index is 1.61. The highest BCUT2D eigenvalue weighted by Gasteiger charge is 2.17. The molecule has 0 spiro atoms. The number of thiazole rings is 1. The molecule has 7 nitrogen and oxygen atoms in total. The maximum Gasteiger partial charge on any atom is 0.256 e. The minimum Gasteiger partial charge on any atom is -0.493 e. The van der Waals surface area contributed by atoms with Gasteiger partial charge in [0.1, 0.15) is 16.5 Å². The normalized spacial score (nSPS) is 10.8. The number of ether oxygens (including phenoxy) is 2. The van der Waals surface area contributed by atoms with Gasteiger partial charge in [-0.2, -0.15) is 5.10 Å². The molecule has 0 saturated carbocycles. The van der Waals surface area contributed by atoms with E-state index in [-0.39, 0.29) is 11.7 Å². The first-order chi connectivity index (χ1) is 16.6. The van der Waals surface area contributed by atoms with E-state index in [2.05, 4.69) is 20.8 Å². The van der Waals surface area contributed by atoms with E-state index in [1.165, 1.54) is 23.5 Å². The number of carbonyl (C=O) groups is 1. The van der Waals surface area contributed by atoms with Crippen molar-refractivity contribution < 1.29 is 18.7 Å². The number of halogens is 1. The quantitative estimate of drug-likeness (QED) is 0.253. The molecule has 4 aromatic rings. The van der Waals surface area contributed by atoms with Gasteiger partial charge in [0.05, 0.1) is 20.4 Å². The monoisotopic (exact) mass is 476 g/mol. The fourth-order valence-electron chi connectivity index (χ4n) is 3.19. The Morgan fingerprint density at radius 3 is 2.47 bits per heavy atom. The molecule has 1 heterocycles. The molecule has 0 atom stereocenters. The van der Waals surface area contributed by atoms with E-state index in [1.807, 2.05) is 18.2 Å². The van der Waals surface area contributed by atoms with Crippen LogP contribution in [0.15, 0.2) is 77.9 Å². The third-order valence-electron chi connectivity index (χ3n) is 4.81. The molecular formula is C25H21FN4O3S. The lowest BCUT2D eigenvalue weighted by Crippen LogP contribution is -2.11. The number of methoxy groups -OCH3 is 2. The number of hydrogen-bond donors (Lipinski definition) is 2. The second kappa shape index (κ2) is 10.6. The molecule has 172 valence electrons. The molecule has 1 amide bonds. The lowest BCUT2D eigenvalue weighted by atomic mass is 10.1. The van der Waals surface area contributed by atoms with E-state index in [0.717, 1.165) is 0 Å². The molecule has 4 rings (SSSR count). The van der Waals surface area contributed by atoms with Gasteiger partial charge in [-0.1, -0.05) is 35.6 Å². The molecule has 3 aromatic carbocycles. The van der Waals surface area contributed by atoms with Crippen molar-refractivity contribution in [2.45, 2.75) is 0 Å². The van der Waals surface area contributed by atoms with Crippen molar-refractivity contribution in [2.75, 3.05) is 25.0 Å². The predicted molar refractivity (Wildman–Crippen MR) is 133 cm³/mol. The van der Waals surface area contributed by atoms with Crippen molar-refractivity contribution >= 4 is 33.6 Å². The molecule has 0 aliphatic carbocycles. The summed E-state index contributed by atoms with van der Waals surface area (Å²) in [5.41, 5.74) is 5.28. The lowest BCUT2D eigenvalue weighted by molar-refractivity contribution is 0.102. The van der Waals surface area contributed by atoms with Crippen LogP contribution in [0.1, 0.15) is 15.9 Å². The SMILES string of the molecule is COc1cccc(/C=N\Nc2nc(-c3ccc(F)cc3)c(NC(=O)c3ccccc3)s2)c1OC. The van der Waals surface area contributed by atoms with Gasteiger partial charge in [0.2, 0.25) is 5.13 Å². The summed E-state index contributed by atoms with van der Waals surface area (Å²) < 4.78 is 24.2. The number of nitrogens with one attached hydrogen (secondary N) is 2. The van der Waals surface area contributed by atoms with Crippen molar-refractivity contribution in [3.63, 3.8) is 0 Å². The summed E-state index contributed by atoms with van der Waals surface area (Å²) in [4.78, 5) is 17.3. The van der Waals surface area contributed by atoms with E-state index in [4.69, 9.17) is 9.47 Å². The van der Waals surface area contributed by atoms with Gasteiger partial charge in [-0.05, 0) is 48.5 Å². The molecular weight excluding hydrogens is 455 g/mol. The van der Waals surface area contributed by atoms with Crippen molar-refractivity contribution in [1.29, 1.82) is 0 Å². The number of aromatic nitrogens is 1. The minimum absolute atomic E-state index is 0.274. The largest absolute Gasteiger partial charge is 0.493 e. The Morgan fingerprint density at radius 2 is 1.76 bits per heavy atom. The topological polar surface area (TPSA) is 84.8 Å². The van der Waals surface area contributed by atoms with Gasteiger partial charge in [0.25, 0.3) is 5.91 Å². The Bertz CT molecular complexity index is 1310. The number of hydrazone groups is 1. The Hall–Kier alpha value is -4.24. The van der Waals surface area contributed by atoms with Crippen molar-refractivity contribution in [2.24, 2.45) is 5.10 Å². The van der Waals surface area contributed by atoms with Crippen molar-refractivity contribution in [3.05, 3.63) is 89.7 Å². The Kier molecular flexibility index (Phi) is 7.14. The second-order valence-corrected chi connectivity index (χ2v) is 7.98. The smallest absolute Gasteiger partial charge is 0.256 e. The number of nitrogens with zero attached hydrogens (tertiary/aromatic N) is 2. The van der Waals surface area contributed by atoms with Crippen LogP contribution >= 0.6 is 11.3 Å². The number of rotatable bonds is 8. The Morgan fingerprint density at radius 1 is 1.00 bits per heavy atom. The highest BCUT2D eigenvalue weighted by molar-refractivity contribution is 7.20. The molecule has 0 bridgehead atoms. The summed E-state index contributed by atoms with van der Waals surface area (Å²) in [5, 5.41) is 8.11. The second-order valence-electron chi connectivity index (χ2n) is 6.98. The predicted octanol–water partition coefficient (Wildman–Crippen LogP) is 5.66. The van der Waals surface area contributed by atoms with Crippen LogP contribution in [0, 0.1) is 5.82 Å². The summed E-state index contributed by atoms with van der Waals surface area (Å²) in [6, 6.07) is 20.2. The third-order valence-corrected chi connectivity index (χ3v) is 5.68. The molecule has 2 N–H and O–H groups in total. The number of amides is 1. The van der Waals surface area contributed by atoms with Gasteiger partial charge in [0.15, 0.2) is 11.5 Å². The Labute approximate surface area is 199 Å². The van der Waals surface area contributed by atoms with Crippen LogP contribution < -0.4 is 20.2 Å². The van der Waals surface area contributed by atoms with Gasteiger partial charge in [-0.15, -0.1) is 0 Å². The van der Waals surface area contributed by atoms with Gasteiger partial charge < -0.3 is 14.8 Å². The highest BCUT2D eigenvalue weighted by Crippen LogP contribution is 2.36. The first-order valence-electron chi connectivity index (χ1n) is 10.2. The zero-order chi connectivity index (χ0) is 23.9. The summed E-state index contributed by atoms with van der Waals surface area (Å²) in [6.07, 6.45) is 1.59. The van der Waals surface area contributed by atoms with E-state index in [1.54, 1.807) is 62.9 Å². The molecule has 9 heteroatoms. The lowest BCUT2D eigenvalue weighted by Gasteiger charge is -2.09. The standard InChI is InChI=1S/C25H21FN4O3S/c1-32-20-10-6-9-18(22(20)33-2)15-27-30-25-28-21(16-11-13-19(26)14-12-16)24(34-25)29-23(31)17-7-4-3-5-8-17/h3-15H,1-2H3,(H,28,30)(H,29,31)/b27-15-. The number of carbonyl (C=O) groups excluding carboxylic acids is 1. The summed E-state index contributed by atoms with van der Waals surface area (Å²) in [7, 11) is 3.12. The molecule has 0 aliphatic rings. The number of para-hydroxylation sites is 1. The van der Waals surface area contributed by atoms with E-state index in [0.29, 0.717) is 44.0 Å². The van der Waals surface area contributed by atoms with Crippen LogP contribution in [0.2, 0.25) is 0 Å². The van der Waals surface area contributed by atoms with Crippen LogP contribution in [0.4, 0.5) is 14.5 Å². The molecule has 0 fully saturated rings. The third kappa shape index (κ3) is 5.21. The number of benzene rings is 3. The molecule has 0 unspecified atom stereocenters. The van der Waals surface area contributed by atoms with Crippen LogP contribution in [-0.4, -0.2) is 31.3 Å². The van der Waals surface area contributed by atoms with Gasteiger partial charge in [0, 0.05) is 16.7 Å². The maximum absolute atomic E-state index is 13.4. The summed E-state index contributed by atoms with van der Waals surface area (Å²) in [5.74, 6) is 0.510.